The van der Waals surface area contributed by atoms with Gasteiger partial charge in [0.1, 0.15) is 22.3 Å². The molecule has 1 aliphatic heterocycles. The number of fused-ring (bicyclic) bond motifs is 1. The predicted octanol–water partition coefficient (Wildman–Crippen LogP) is 2.62. The third-order valence-electron chi connectivity index (χ3n) is 3.34. The Balaban J connectivity index is 1.92. The highest BCUT2D eigenvalue weighted by Gasteiger charge is 2.23. The third kappa shape index (κ3) is 3.16. The van der Waals surface area contributed by atoms with E-state index < -0.39 is 26.6 Å². The zero-order valence-electron chi connectivity index (χ0n) is 11.7. The molecule has 5 nitrogen and oxygen atoms in total. The van der Waals surface area contributed by atoms with Gasteiger partial charge in [-0.15, -0.1) is 0 Å². The highest BCUT2D eigenvalue weighted by molar-refractivity contribution is 7.87. The Labute approximate surface area is 131 Å². The third-order valence-corrected chi connectivity index (χ3v) is 4.60. The average Bonchev–Trinajstić information content (AvgIpc) is 2.49. The maximum Gasteiger partial charge on any atom is 0.342 e. The van der Waals surface area contributed by atoms with E-state index in [1.54, 1.807) is 0 Å². The van der Waals surface area contributed by atoms with Crippen LogP contribution in [0, 0.1) is 11.6 Å². The van der Waals surface area contributed by atoms with Gasteiger partial charge in [-0.05, 0) is 48.4 Å². The number of amides is 1. The van der Waals surface area contributed by atoms with Gasteiger partial charge in [0.05, 0.1) is 0 Å². The lowest BCUT2D eigenvalue weighted by Crippen LogP contribution is -2.19. The van der Waals surface area contributed by atoms with E-state index in [9.17, 15) is 22.0 Å². The molecule has 0 saturated heterocycles. The van der Waals surface area contributed by atoms with E-state index in [1.807, 2.05) is 0 Å². The standard InChI is InChI=1S/C15H11F2NO4S/c16-10-2-4-12(17)14(8-10)23(20,21)22-11-3-5-13-9(7-11)1-6-15(19)18-13/h2-5,7-8H,1,6H2,(H,18,19). The van der Waals surface area contributed by atoms with Crippen LogP contribution in [-0.4, -0.2) is 14.3 Å². The monoisotopic (exact) mass is 339 g/mol. The molecule has 2 aromatic rings. The summed E-state index contributed by atoms with van der Waals surface area (Å²) < 4.78 is 55.8. The minimum Gasteiger partial charge on any atom is -0.379 e. The molecule has 0 aromatic heterocycles. The summed E-state index contributed by atoms with van der Waals surface area (Å²) in [6.45, 7) is 0. The molecule has 2 aromatic carbocycles. The van der Waals surface area contributed by atoms with Crippen molar-refractivity contribution in [2.75, 3.05) is 5.32 Å². The van der Waals surface area contributed by atoms with Crippen LogP contribution in [0.5, 0.6) is 5.75 Å². The van der Waals surface area contributed by atoms with Crippen molar-refractivity contribution in [1.82, 2.24) is 0 Å². The molecule has 0 bridgehead atoms. The minimum absolute atomic E-state index is 0.0384. The summed E-state index contributed by atoms with van der Waals surface area (Å²) in [5, 5.41) is 2.64. The molecular weight excluding hydrogens is 328 g/mol. The lowest BCUT2D eigenvalue weighted by Gasteiger charge is -2.17. The summed E-state index contributed by atoms with van der Waals surface area (Å²) in [5.41, 5.74) is 1.28. The molecule has 0 fully saturated rings. The second kappa shape index (κ2) is 5.62. The van der Waals surface area contributed by atoms with Crippen molar-refractivity contribution in [1.29, 1.82) is 0 Å². The molecule has 0 spiro atoms. The van der Waals surface area contributed by atoms with Gasteiger partial charge >= 0.3 is 10.1 Å². The summed E-state index contributed by atoms with van der Waals surface area (Å²) in [7, 11) is -4.51. The van der Waals surface area contributed by atoms with Crippen LogP contribution in [0.25, 0.3) is 0 Å². The maximum atomic E-state index is 13.6. The van der Waals surface area contributed by atoms with E-state index >= 15 is 0 Å². The highest BCUT2D eigenvalue weighted by Crippen LogP contribution is 2.29. The molecule has 0 saturated carbocycles. The molecule has 1 amide bonds. The predicted molar refractivity (Wildman–Crippen MR) is 77.6 cm³/mol. The van der Waals surface area contributed by atoms with E-state index in [-0.39, 0.29) is 18.1 Å². The lowest BCUT2D eigenvalue weighted by molar-refractivity contribution is -0.116. The van der Waals surface area contributed by atoms with Crippen molar-refractivity contribution < 1.29 is 26.2 Å². The fourth-order valence-electron chi connectivity index (χ4n) is 2.25. The second-order valence-corrected chi connectivity index (χ2v) is 6.49. The van der Waals surface area contributed by atoms with Gasteiger partial charge in [0, 0.05) is 12.1 Å². The zero-order chi connectivity index (χ0) is 16.6. The van der Waals surface area contributed by atoms with Gasteiger partial charge in [0.25, 0.3) is 0 Å². The van der Waals surface area contributed by atoms with Gasteiger partial charge in [-0.1, -0.05) is 0 Å². The number of nitrogens with one attached hydrogen (secondary N) is 1. The Morgan fingerprint density at radius 3 is 2.61 bits per heavy atom. The molecule has 0 aliphatic carbocycles. The molecule has 0 radical (unpaired) electrons. The molecular formula is C15H11F2NO4S. The summed E-state index contributed by atoms with van der Waals surface area (Å²) in [4.78, 5) is 10.4. The van der Waals surface area contributed by atoms with Crippen molar-refractivity contribution in [3.63, 3.8) is 0 Å². The first-order valence-electron chi connectivity index (χ1n) is 6.67. The van der Waals surface area contributed by atoms with Crippen LogP contribution in [0.1, 0.15) is 12.0 Å². The normalized spacial score (nSPS) is 14.1. The molecule has 1 heterocycles. The van der Waals surface area contributed by atoms with E-state index in [0.29, 0.717) is 29.8 Å². The summed E-state index contributed by atoms with van der Waals surface area (Å²) >= 11 is 0. The smallest absolute Gasteiger partial charge is 0.342 e. The van der Waals surface area contributed by atoms with Crippen molar-refractivity contribution in [2.45, 2.75) is 17.7 Å². The molecule has 0 atom stereocenters. The number of anilines is 1. The van der Waals surface area contributed by atoms with Crippen LogP contribution in [0.2, 0.25) is 0 Å². The highest BCUT2D eigenvalue weighted by atomic mass is 32.2. The van der Waals surface area contributed by atoms with Crippen LogP contribution >= 0.6 is 0 Å². The van der Waals surface area contributed by atoms with E-state index in [0.717, 1.165) is 6.07 Å². The van der Waals surface area contributed by atoms with Gasteiger partial charge in [0.15, 0.2) is 0 Å². The van der Waals surface area contributed by atoms with Gasteiger partial charge in [-0.2, -0.15) is 8.42 Å². The fraction of sp³-hybridized carbons (Fsp3) is 0.133. The van der Waals surface area contributed by atoms with E-state index in [2.05, 4.69) is 5.32 Å². The Hall–Kier alpha value is -2.48. The Morgan fingerprint density at radius 1 is 1.04 bits per heavy atom. The first-order chi connectivity index (χ1) is 10.8. The molecule has 3 rings (SSSR count). The summed E-state index contributed by atoms with van der Waals surface area (Å²) in [5.74, 6) is -2.15. The number of carbonyl (C=O) groups is 1. The molecule has 23 heavy (non-hydrogen) atoms. The largest absolute Gasteiger partial charge is 0.379 e. The second-order valence-electron chi connectivity index (χ2n) is 4.98. The number of rotatable bonds is 3. The number of halogens is 2. The Bertz CT molecular complexity index is 896. The van der Waals surface area contributed by atoms with Gasteiger partial charge in [-0.3, -0.25) is 4.79 Å². The molecule has 1 N–H and O–H groups in total. The van der Waals surface area contributed by atoms with Gasteiger partial charge in [0.2, 0.25) is 5.91 Å². The molecule has 120 valence electrons. The van der Waals surface area contributed by atoms with Crippen LogP contribution < -0.4 is 9.50 Å². The van der Waals surface area contributed by atoms with Crippen molar-refractivity contribution in [2.24, 2.45) is 0 Å². The van der Waals surface area contributed by atoms with Gasteiger partial charge < -0.3 is 9.50 Å². The Kier molecular flexibility index (Phi) is 3.77. The van der Waals surface area contributed by atoms with Crippen molar-refractivity contribution in [3.8, 4) is 5.75 Å². The first-order valence-corrected chi connectivity index (χ1v) is 8.08. The van der Waals surface area contributed by atoms with Gasteiger partial charge in [-0.25, -0.2) is 8.78 Å². The number of carbonyl (C=O) groups excluding carboxylic acids is 1. The van der Waals surface area contributed by atoms with Crippen LogP contribution in [0.4, 0.5) is 14.5 Å². The quantitative estimate of drug-likeness (QED) is 0.873. The zero-order valence-corrected chi connectivity index (χ0v) is 12.5. The van der Waals surface area contributed by atoms with Crippen LogP contribution in [-0.2, 0) is 21.3 Å². The number of hydrogen-bond donors (Lipinski definition) is 1. The number of aryl methyl sites for hydroxylation is 1. The minimum atomic E-state index is -4.51. The SMILES string of the molecule is O=C1CCc2cc(OS(=O)(=O)c3cc(F)ccc3F)ccc2N1. The maximum absolute atomic E-state index is 13.6. The van der Waals surface area contributed by atoms with Crippen LogP contribution in [0.15, 0.2) is 41.3 Å². The van der Waals surface area contributed by atoms with E-state index in [4.69, 9.17) is 4.18 Å². The number of benzene rings is 2. The Morgan fingerprint density at radius 2 is 1.83 bits per heavy atom. The van der Waals surface area contributed by atoms with Crippen LogP contribution in [0.3, 0.4) is 0 Å². The van der Waals surface area contributed by atoms with E-state index in [1.165, 1.54) is 18.2 Å². The average molecular weight is 339 g/mol. The lowest BCUT2D eigenvalue weighted by atomic mass is 10.0. The van der Waals surface area contributed by atoms with Crippen molar-refractivity contribution in [3.05, 3.63) is 53.6 Å². The molecule has 8 heteroatoms. The molecule has 0 unspecified atom stereocenters. The number of hydrogen-bond acceptors (Lipinski definition) is 4. The molecule has 1 aliphatic rings. The topological polar surface area (TPSA) is 72.5 Å². The summed E-state index contributed by atoms with van der Waals surface area (Å²) in [6.07, 6.45) is 0.717. The first kappa shape index (κ1) is 15.4. The van der Waals surface area contributed by atoms with Crippen molar-refractivity contribution >= 4 is 21.7 Å². The fourth-order valence-corrected chi connectivity index (χ4v) is 3.26. The summed E-state index contributed by atoms with van der Waals surface area (Å²) in [6, 6.07) is 6.37.